The minimum Gasteiger partial charge on any atom is -0.374 e. The predicted octanol–water partition coefficient (Wildman–Crippen LogP) is 1.62. The molecule has 0 amide bonds. The molecule has 2 atom stereocenters. The standard InChI is InChI=1S/C12H17N3O/c1-2-4-11-10(3-1)15(7-8-16-11)12-9-13-5-6-14-12/h5-6,9-11H,1-4,7-8H2/t10-,11-/m0/s1. The summed E-state index contributed by atoms with van der Waals surface area (Å²) in [5, 5.41) is 0. The molecule has 4 nitrogen and oxygen atoms in total. The number of anilines is 1. The summed E-state index contributed by atoms with van der Waals surface area (Å²) in [7, 11) is 0. The van der Waals surface area contributed by atoms with Gasteiger partial charge in [0.05, 0.1) is 24.9 Å². The third-order valence-electron chi connectivity index (χ3n) is 3.58. The first-order valence-corrected chi connectivity index (χ1v) is 6.09. The molecule has 4 heteroatoms. The Bertz CT molecular complexity index is 341. The lowest BCUT2D eigenvalue weighted by molar-refractivity contribution is -0.00901. The molecule has 1 aliphatic carbocycles. The number of nitrogens with zero attached hydrogens (tertiary/aromatic N) is 3. The molecular weight excluding hydrogens is 202 g/mol. The fraction of sp³-hybridized carbons (Fsp3) is 0.667. The SMILES string of the molecule is c1cnc(N2CCO[C@H]3CCCC[C@@H]32)cn1. The van der Waals surface area contributed by atoms with E-state index in [1.807, 2.05) is 6.20 Å². The third-order valence-corrected chi connectivity index (χ3v) is 3.58. The molecule has 2 fully saturated rings. The predicted molar refractivity (Wildman–Crippen MR) is 61.4 cm³/mol. The van der Waals surface area contributed by atoms with Crippen LogP contribution in [-0.4, -0.2) is 35.3 Å². The smallest absolute Gasteiger partial charge is 0.147 e. The van der Waals surface area contributed by atoms with E-state index in [2.05, 4.69) is 14.9 Å². The summed E-state index contributed by atoms with van der Waals surface area (Å²) in [4.78, 5) is 10.9. The average molecular weight is 219 g/mol. The van der Waals surface area contributed by atoms with Crippen LogP contribution < -0.4 is 4.90 Å². The molecule has 1 saturated heterocycles. The van der Waals surface area contributed by atoms with Gasteiger partial charge in [-0.15, -0.1) is 0 Å². The third kappa shape index (κ3) is 1.78. The van der Waals surface area contributed by atoms with Crippen LogP contribution in [0.5, 0.6) is 0 Å². The van der Waals surface area contributed by atoms with E-state index < -0.39 is 0 Å². The Kier molecular flexibility index (Phi) is 2.74. The van der Waals surface area contributed by atoms with E-state index in [0.717, 1.165) is 19.0 Å². The average Bonchev–Trinajstić information content (AvgIpc) is 2.39. The maximum Gasteiger partial charge on any atom is 0.147 e. The van der Waals surface area contributed by atoms with Gasteiger partial charge in [-0.05, 0) is 12.8 Å². The van der Waals surface area contributed by atoms with Crippen LogP contribution in [-0.2, 0) is 4.74 Å². The fourth-order valence-electron chi connectivity index (χ4n) is 2.82. The van der Waals surface area contributed by atoms with Gasteiger partial charge in [-0.1, -0.05) is 12.8 Å². The Labute approximate surface area is 95.7 Å². The maximum atomic E-state index is 5.84. The van der Waals surface area contributed by atoms with Crippen molar-refractivity contribution in [1.82, 2.24) is 9.97 Å². The number of fused-ring (bicyclic) bond motifs is 1. The first kappa shape index (κ1) is 10.0. The van der Waals surface area contributed by atoms with Crippen LogP contribution in [0.2, 0.25) is 0 Å². The van der Waals surface area contributed by atoms with Crippen molar-refractivity contribution < 1.29 is 4.74 Å². The number of rotatable bonds is 1. The van der Waals surface area contributed by atoms with Crippen molar-refractivity contribution in [3.8, 4) is 0 Å². The normalized spacial score (nSPS) is 29.9. The summed E-state index contributed by atoms with van der Waals surface area (Å²) < 4.78 is 5.84. The van der Waals surface area contributed by atoms with Crippen LogP contribution in [0.4, 0.5) is 5.82 Å². The van der Waals surface area contributed by atoms with Crippen LogP contribution in [0.3, 0.4) is 0 Å². The van der Waals surface area contributed by atoms with E-state index in [1.54, 1.807) is 12.4 Å². The fourth-order valence-corrected chi connectivity index (χ4v) is 2.82. The lowest BCUT2D eigenvalue weighted by atomic mass is 9.90. The number of hydrogen-bond acceptors (Lipinski definition) is 4. The van der Waals surface area contributed by atoms with Crippen LogP contribution in [0.1, 0.15) is 25.7 Å². The number of morpholine rings is 1. The number of ether oxygens (including phenoxy) is 1. The van der Waals surface area contributed by atoms with Gasteiger partial charge >= 0.3 is 0 Å². The van der Waals surface area contributed by atoms with Gasteiger partial charge in [0.1, 0.15) is 5.82 Å². The van der Waals surface area contributed by atoms with Gasteiger partial charge < -0.3 is 9.64 Å². The summed E-state index contributed by atoms with van der Waals surface area (Å²) in [6.07, 6.45) is 10.8. The zero-order chi connectivity index (χ0) is 10.8. The van der Waals surface area contributed by atoms with Gasteiger partial charge in [0, 0.05) is 18.9 Å². The highest BCUT2D eigenvalue weighted by atomic mass is 16.5. The van der Waals surface area contributed by atoms with Crippen molar-refractivity contribution in [3.05, 3.63) is 18.6 Å². The van der Waals surface area contributed by atoms with E-state index in [-0.39, 0.29) is 0 Å². The molecule has 0 spiro atoms. The Hall–Kier alpha value is -1.16. The molecule has 0 aromatic carbocycles. The second kappa shape index (κ2) is 4.37. The summed E-state index contributed by atoms with van der Waals surface area (Å²) in [6, 6.07) is 0.513. The molecule has 1 aliphatic heterocycles. The molecule has 86 valence electrons. The van der Waals surface area contributed by atoms with Crippen molar-refractivity contribution in [2.45, 2.75) is 37.8 Å². The Balaban J connectivity index is 1.83. The van der Waals surface area contributed by atoms with Crippen LogP contribution in [0, 0.1) is 0 Å². The first-order valence-electron chi connectivity index (χ1n) is 6.09. The van der Waals surface area contributed by atoms with Gasteiger partial charge in [-0.2, -0.15) is 0 Å². The Morgan fingerprint density at radius 3 is 3.06 bits per heavy atom. The minimum atomic E-state index is 0.407. The van der Waals surface area contributed by atoms with Gasteiger partial charge in [0.25, 0.3) is 0 Å². The highest BCUT2D eigenvalue weighted by Crippen LogP contribution is 2.30. The molecule has 1 aromatic rings. The largest absolute Gasteiger partial charge is 0.374 e. The van der Waals surface area contributed by atoms with E-state index in [1.165, 1.54) is 25.7 Å². The quantitative estimate of drug-likeness (QED) is 0.719. The van der Waals surface area contributed by atoms with E-state index >= 15 is 0 Å². The van der Waals surface area contributed by atoms with Gasteiger partial charge in [0.15, 0.2) is 0 Å². The molecule has 0 bridgehead atoms. The molecule has 0 radical (unpaired) electrons. The number of hydrogen-bond donors (Lipinski definition) is 0. The lowest BCUT2D eigenvalue weighted by Gasteiger charge is -2.44. The number of aromatic nitrogens is 2. The highest BCUT2D eigenvalue weighted by Gasteiger charge is 2.34. The zero-order valence-electron chi connectivity index (χ0n) is 9.38. The van der Waals surface area contributed by atoms with E-state index in [4.69, 9.17) is 4.74 Å². The second-order valence-electron chi connectivity index (χ2n) is 4.52. The lowest BCUT2D eigenvalue weighted by Crippen LogP contribution is -2.53. The first-order chi connectivity index (χ1) is 7.95. The minimum absolute atomic E-state index is 0.407. The highest BCUT2D eigenvalue weighted by molar-refractivity contribution is 5.38. The van der Waals surface area contributed by atoms with Crippen LogP contribution >= 0.6 is 0 Å². The summed E-state index contributed by atoms with van der Waals surface area (Å²) >= 11 is 0. The molecule has 2 aliphatic rings. The summed E-state index contributed by atoms with van der Waals surface area (Å²) in [6.45, 7) is 1.76. The van der Waals surface area contributed by atoms with Gasteiger partial charge in [0.2, 0.25) is 0 Å². The van der Waals surface area contributed by atoms with Crippen molar-refractivity contribution in [2.75, 3.05) is 18.1 Å². The van der Waals surface area contributed by atoms with Crippen molar-refractivity contribution in [1.29, 1.82) is 0 Å². The molecule has 16 heavy (non-hydrogen) atoms. The molecule has 1 saturated carbocycles. The van der Waals surface area contributed by atoms with Crippen LogP contribution in [0.25, 0.3) is 0 Å². The van der Waals surface area contributed by atoms with Crippen molar-refractivity contribution >= 4 is 5.82 Å². The van der Waals surface area contributed by atoms with Crippen LogP contribution in [0.15, 0.2) is 18.6 Å². The molecular formula is C12H17N3O. The van der Waals surface area contributed by atoms with Gasteiger partial charge in [-0.3, -0.25) is 4.98 Å². The van der Waals surface area contributed by atoms with Gasteiger partial charge in [-0.25, -0.2) is 4.98 Å². The van der Waals surface area contributed by atoms with Crippen molar-refractivity contribution in [3.63, 3.8) is 0 Å². The zero-order valence-corrected chi connectivity index (χ0v) is 9.38. The Morgan fingerprint density at radius 2 is 2.19 bits per heavy atom. The van der Waals surface area contributed by atoms with Crippen molar-refractivity contribution in [2.24, 2.45) is 0 Å². The molecule has 0 N–H and O–H groups in total. The maximum absolute atomic E-state index is 5.84. The summed E-state index contributed by atoms with van der Waals surface area (Å²) in [5.74, 6) is 1.00. The molecule has 0 unspecified atom stereocenters. The monoisotopic (exact) mass is 219 g/mol. The Morgan fingerprint density at radius 1 is 1.25 bits per heavy atom. The second-order valence-corrected chi connectivity index (χ2v) is 4.52. The molecule has 2 heterocycles. The topological polar surface area (TPSA) is 38.2 Å². The van der Waals surface area contributed by atoms with E-state index in [0.29, 0.717) is 12.1 Å². The molecule has 1 aromatic heterocycles. The summed E-state index contributed by atoms with van der Waals surface area (Å²) in [5.41, 5.74) is 0. The van der Waals surface area contributed by atoms with E-state index in [9.17, 15) is 0 Å². The molecule has 3 rings (SSSR count).